The Bertz CT molecular complexity index is 848. The first kappa shape index (κ1) is 20.4. The fourth-order valence-electron chi connectivity index (χ4n) is 2.94. The second-order valence-electron chi connectivity index (χ2n) is 6.80. The lowest BCUT2D eigenvalue weighted by Gasteiger charge is -2.31. The van der Waals surface area contributed by atoms with E-state index in [1.165, 1.54) is 5.56 Å². The molecule has 0 N–H and O–H groups in total. The number of rotatable bonds is 8. The smallest absolute Gasteiger partial charge is 0.0946 e. The SMILES string of the molecule is CC(CCc1ccc(Br)cc1)(Cn1ccnc1)OCc1c(Cl)cccc1Cl. The molecule has 3 rings (SSSR count). The average molecular weight is 468 g/mol. The number of benzene rings is 2. The van der Waals surface area contributed by atoms with Crippen LogP contribution >= 0.6 is 39.1 Å². The molecule has 0 saturated heterocycles. The van der Waals surface area contributed by atoms with Crippen LogP contribution in [-0.2, 0) is 24.3 Å². The van der Waals surface area contributed by atoms with Gasteiger partial charge in [-0.15, -0.1) is 0 Å². The second-order valence-corrected chi connectivity index (χ2v) is 8.53. The van der Waals surface area contributed by atoms with Gasteiger partial charge in [-0.3, -0.25) is 0 Å². The van der Waals surface area contributed by atoms with Crippen LogP contribution in [0.5, 0.6) is 0 Å². The Balaban J connectivity index is 1.73. The van der Waals surface area contributed by atoms with Gasteiger partial charge in [0.1, 0.15) is 0 Å². The van der Waals surface area contributed by atoms with Crippen molar-refractivity contribution in [1.29, 1.82) is 0 Å². The van der Waals surface area contributed by atoms with Crippen LogP contribution in [0.1, 0.15) is 24.5 Å². The van der Waals surface area contributed by atoms with E-state index in [2.05, 4.69) is 52.1 Å². The van der Waals surface area contributed by atoms with E-state index in [0.717, 1.165) is 22.9 Å². The average Bonchev–Trinajstić information content (AvgIpc) is 3.14. The van der Waals surface area contributed by atoms with Gasteiger partial charge in [0.2, 0.25) is 0 Å². The van der Waals surface area contributed by atoms with Crippen LogP contribution in [0.4, 0.5) is 0 Å². The maximum Gasteiger partial charge on any atom is 0.0946 e. The number of hydrogen-bond donors (Lipinski definition) is 0. The summed E-state index contributed by atoms with van der Waals surface area (Å²) in [5.74, 6) is 0. The lowest BCUT2D eigenvalue weighted by atomic mass is 9.96. The van der Waals surface area contributed by atoms with E-state index in [4.69, 9.17) is 27.9 Å². The topological polar surface area (TPSA) is 27.1 Å². The maximum absolute atomic E-state index is 6.37. The summed E-state index contributed by atoms with van der Waals surface area (Å²) in [5.41, 5.74) is 1.70. The predicted octanol–water partition coefficient (Wildman–Crippen LogP) is 6.56. The number of aromatic nitrogens is 2. The monoisotopic (exact) mass is 466 g/mol. The summed E-state index contributed by atoms with van der Waals surface area (Å²) in [6.45, 7) is 3.19. The molecule has 0 aliphatic heterocycles. The number of halogens is 3. The minimum atomic E-state index is -0.393. The number of nitrogens with zero attached hydrogens (tertiary/aromatic N) is 2. The molecule has 0 saturated carbocycles. The Morgan fingerprint density at radius 2 is 1.81 bits per heavy atom. The Morgan fingerprint density at radius 1 is 1.11 bits per heavy atom. The molecule has 3 nitrogen and oxygen atoms in total. The maximum atomic E-state index is 6.37. The summed E-state index contributed by atoms with van der Waals surface area (Å²) in [5, 5.41) is 1.25. The van der Waals surface area contributed by atoms with Crippen molar-refractivity contribution in [1.82, 2.24) is 9.55 Å². The van der Waals surface area contributed by atoms with Gasteiger partial charge in [-0.05, 0) is 49.6 Å². The molecule has 2 aromatic carbocycles. The first-order valence-corrected chi connectivity index (χ1v) is 10.3. The molecule has 1 unspecified atom stereocenters. The molecule has 0 bridgehead atoms. The van der Waals surface area contributed by atoms with Crippen LogP contribution in [-0.4, -0.2) is 15.2 Å². The zero-order valence-corrected chi connectivity index (χ0v) is 18.1. The van der Waals surface area contributed by atoms with Crippen molar-refractivity contribution in [3.8, 4) is 0 Å². The predicted molar refractivity (Wildman–Crippen MR) is 114 cm³/mol. The summed E-state index contributed by atoms with van der Waals surface area (Å²) >= 11 is 16.1. The third kappa shape index (κ3) is 5.82. The van der Waals surface area contributed by atoms with E-state index >= 15 is 0 Å². The number of imidazole rings is 1. The largest absolute Gasteiger partial charge is 0.369 e. The second kappa shape index (κ2) is 9.24. The normalized spacial score (nSPS) is 13.5. The van der Waals surface area contributed by atoms with Gasteiger partial charge in [0.15, 0.2) is 0 Å². The van der Waals surface area contributed by atoms with E-state index < -0.39 is 5.60 Å². The molecule has 1 heterocycles. The number of ether oxygens (including phenoxy) is 1. The molecule has 0 spiro atoms. The summed E-state index contributed by atoms with van der Waals surface area (Å²) in [6.07, 6.45) is 7.30. The molecule has 1 aromatic heterocycles. The Labute approximate surface area is 178 Å². The molecule has 3 aromatic rings. The van der Waals surface area contributed by atoms with Crippen LogP contribution in [0.2, 0.25) is 10.0 Å². The zero-order chi connectivity index (χ0) is 19.3. The van der Waals surface area contributed by atoms with Crippen molar-refractivity contribution in [3.05, 3.63) is 86.8 Å². The van der Waals surface area contributed by atoms with Gasteiger partial charge in [-0.2, -0.15) is 0 Å². The van der Waals surface area contributed by atoms with E-state index in [9.17, 15) is 0 Å². The highest BCUT2D eigenvalue weighted by molar-refractivity contribution is 9.10. The zero-order valence-electron chi connectivity index (χ0n) is 15.0. The van der Waals surface area contributed by atoms with E-state index in [1.807, 2.05) is 35.3 Å². The van der Waals surface area contributed by atoms with Gasteiger partial charge >= 0.3 is 0 Å². The summed E-state index contributed by atoms with van der Waals surface area (Å²) < 4.78 is 9.49. The van der Waals surface area contributed by atoms with Crippen molar-refractivity contribution in [2.45, 2.75) is 38.5 Å². The standard InChI is InChI=1S/C21H21BrCl2N2O/c1-21(14-26-12-11-25-15-26,10-9-16-5-7-17(22)8-6-16)27-13-18-19(23)3-2-4-20(18)24/h2-8,11-12,15H,9-10,13-14H2,1H3. The highest BCUT2D eigenvalue weighted by Gasteiger charge is 2.26. The van der Waals surface area contributed by atoms with Crippen LogP contribution < -0.4 is 0 Å². The Kier molecular flexibility index (Phi) is 6.99. The first-order valence-electron chi connectivity index (χ1n) is 8.72. The lowest BCUT2D eigenvalue weighted by molar-refractivity contribution is -0.0601. The molecular weight excluding hydrogens is 447 g/mol. The van der Waals surface area contributed by atoms with Gasteiger partial charge in [-0.25, -0.2) is 4.98 Å². The van der Waals surface area contributed by atoms with Gasteiger partial charge in [0, 0.05) is 32.5 Å². The molecule has 0 aliphatic rings. The third-order valence-corrected chi connectivity index (χ3v) is 5.80. The third-order valence-electron chi connectivity index (χ3n) is 4.56. The van der Waals surface area contributed by atoms with Crippen LogP contribution in [0.25, 0.3) is 0 Å². The van der Waals surface area contributed by atoms with Crippen molar-refractivity contribution in [2.75, 3.05) is 0 Å². The number of hydrogen-bond acceptors (Lipinski definition) is 2. The molecule has 27 heavy (non-hydrogen) atoms. The molecule has 1 atom stereocenters. The minimum absolute atomic E-state index is 0.365. The van der Waals surface area contributed by atoms with E-state index in [1.54, 1.807) is 6.20 Å². The van der Waals surface area contributed by atoms with Crippen molar-refractivity contribution >= 4 is 39.1 Å². The highest BCUT2D eigenvalue weighted by Crippen LogP contribution is 2.29. The molecule has 0 radical (unpaired) electrons. The van der Waals surface area contributed by atoms with E-state index in [-0.39, 0.29) is 0 Å². The van der Waals surface area contributed by atoms with Gasteiger partial charge in [0.25, 0.3) is 0 Å². The molecule has 6 heteroatoms. The van der Waals surface area contributed by atoms with Gasteiger partial charge in [-0.1, -0.05) is 57.3 Å². The fourth-order valence-corrected chi connectivity index (χ4v) is 3.71. The Morgan fingerprint density at radius 3 is 2.44 bits per heavy atom. The van der Waals surface area contributed by atoms with Crippen molar-refractivity contribution in [3.63, 3.8) is 0 Å². The van der Waals surface area contributed by atoms with Crippen LogP contribution in [0.3, 0.4) is 0 Å². The van der Waals surface area contributed by atoms with Crippen molar-refractivity contribution in [2.24, 2.45) is 0 Å². The highest BCUT2D eigenvalue weighted by atomic mass is 79.9. The van der Waals surface area contributed by atoms with Crippen molar-refractivity contribution < 1.29 is 4.74 Å². The Hall–Kier alpha value is -1.33. The molecule has 0 fully saturated rings. The molecular formula is C21H21BrCl2N2O. The summed E-state index contributed by atoms with van der Waals surface area (Å²) in [6, 6.07) is 13.9. The van der Waals surface area contributed by atoms with Crippen LogP contribution in [0, 0.1) is 0 Å². The summed E-state index contributed by atoms with van der Waals surface area (Å²) in [4.78, 5) is 4.14. The fraction of sp³-hybridized carbons (Fsp3) is 0.286. The van der Waals surface area contributed by atoms with E-state index in [0.29, 0.717) is 23.2 Å². The minimum Gasteiger partial charge on any atom is -0.369 e. The van der Waals surface area contributed by atoms with Crippen LogP contribution in [0.15, 0.2) is 65.7 Å². The lowest BCUT2D eigenvalue weighted by Crippen LogP contribution is -2.34. The van der Waals surface area contributed by atoms with Gasteiger partial charge < -0.3 is 9.30 Å². The molecule has 0 aliphatic carbocycles. The van der Waals surface area contributed by atoms with Gasteiger partial charge in [0.05, 0.1) is 25.1 Å². The first-order chi connectivity index (χ1) is 13.0. The quantitative estimate of drug-likeness (QED) is 0.375. The molecule has 142 valence electrons. The number of aryl methyl sites for hydroxylation is 1. The molecule has 0 amide bonds. The summed E-state index contributed by atoms with van der Waals surface area (Å²) in [7, 11) is 0.